The van der Waals surface area contributed by atoms with E-state index in [2.05, 4.69) is 27.3 Å². The summed E-state index contributed by atoms with van der Waals surface area (Å²) in [4.78, 5) is 21.8. The van der Waals surface area contributed by atoms with Crippen molar-refractivity contribution in [2.24, 2.45) is 11.8 Å². The number of hydrogen-bond acceptors (Lipinski definition) is 5. The Morgan fingerprint density at radius 3 is 2.68 bits per heavy atom. The van der Waals surface area contributed by atoms with Crippen LogP contribution in [0, 0.1) is 18.8 Å². The lowest BCUT2D eigenvalue weighted by atomic mass is 9.95. The minimum atomic E-state index is 0.0138. The van der Waals surface area contributed by atoms with Gasteiger partial charge in [0.2, 0.25) is 5.91 Å². The number of para-hydroxylation sites is 1. The number of amides is 1. The second-order valence-corrected chi connectivity index (χ2v) is 9.63. The van der Waals surface area contributed by atoms with Crippen LogP contribution in [0.2, 0.25) is 0 Å². The van der Waals surface area contributed by atoms with Gasteiger partial charge in [0.1, 0.15) is 6.61 Å². The molecule has 1 atom stereocenters. The van der Waals surface area contributed by atoms with Gasteiger partial charge in [0.15, 0.2) is 0 Å². The van der Waals surface area contributed by atoms with E-state index in [1.54, 1.807) is 0 Å². The maximum absolute atomic E-state index is 12.5. The molecule has 1 aliphatic carbocycles. The van der Waals surface area contributed by atoms with Gasteiger partial charge in [0.25, 0.3) is 0 Å². The highest BCUT2D eigenvalue weighted by molar-refractivity contribution is 5.91. The standard InChI is InChI=1S/C25H34N4O2/c1-18-12-24(22-4-2-3-5-23(22)27-18)26-13-21-16-29(25(30)17-31-21)15-20-8-10-28(11-9-20)14-19-6-7-19/h2-5,12,19-21H,6-11,13-17H2,1H3,(H,26,27)/t21-/m0/s1. The van der Waals surface area contributed by atoms with Crippen LogP contribution >= 0.6 is 0 Å². The van der Waals surface area contributed by atoms with Crippen molar-refractivity contribution < 1.29 is 9.53 Å². The fourth-order valence-electron chi connectivity index (χ4n) is 4.99. The summed E-state index contributed by atoms with van der Waals surface area (Å²) in [7, 11) is 0. The van der Waals surface area contributed by atoms with Crippen LogP contribution in [0.5, 0.6) is 0 Å². The number of piperidine rings is 1. The number of pyridine rings is 1. The number of likely N-dealkylation sites (tertiary alicyclic amines) is 1. The highest BCUT2D eigenvalue weighted by Gasteiger charge is 2.31. The van der Waals surface area contributed by atoms with Crippen LogP contribution in [-0.4, -0.2) is 72.7 Å². The average molecular weight is 423 g/mol. The first kappa shape index (κ1) is 20.7. The SMILES string of the molecule is Cc1cc(NC[C@H]2CN(CC3CCN(CC4CC4)CC3)C(=O)CO2)c2ccccc2n1. The molecular weight excluding hydrogens is 388 g/mol. The van der Waals surface area contributed by atoms with Gasteiger partial charge < -0.3 is 19.9 Å². The van der Waals surface area contributed by atoms with Gasteiger partial charge in [-0.3, -0.25) is 9.78 Å². The zero-order valence-electron chi connectivity index (χ0n) is 18.6. The van der Waals surface area contributed by atoms with E-state index >= 15 is 0 Å². The quantitative estimate of drug-likeness (QED) is 0.742. The summed E-state index contributed by atoms with van der Waals surface area (Å²) in [6, 6.07) is 10.3. The largest absolute Gasteiger partial charge is 0.382 e. The van der Waals surface area contributed by atoms with Gasteiger partial charge in [0.05, 0.1) is 11.6 Å². The van der Waals surface area contributed by atoms with Crippen molar-refractivity contribution in [2.75, 3.05) is 51.2 Å². The van der Waals surface area contributed by atoms with Crippen molar-refractivity contribution in [3.63, 3.8) is 0 Å². The molecule has 0 bridgehead atoms. The Morgan fingerprint density at radius 1 is 1.10 bits per heavy atom. The molecule has 0 spiro atoms. The minimum Gasteiger partial charge on any atom is -0.382 e. The van der Waals surface area contributed by atoms with E-state index in [1.165, 1.54) is 45.3 Å². The molecule has 2 aliphatic heterocycles. The lowest BCUT2D eigenvalue weighted by Gasteiger charge is -2.38. The first-order valence-corrected chi connectivity index (χ1v) is 11.9. The second kappa shape index (κ2) is 9.13. The van der Waals surface area contributed by atoms with Gasteiger partial charge >= 0.3 is 0 Å². The molecule has 31 heavy (non-hydrogen) atoms. The van der Waals surface area contributed by atoms with Crippen LogP contribution in [0.1, 0.15) is 31.4 Å². The Kier molecular flexibility index (Phi) is 6.10. The monoisotopic (exact) mass is 422 g/mol. The van der Waals surface area contributed by atoms with Gasteiger partial charge in [-0.15, -0.1) is 0 Å². The molecule has 0 unspecified atom stereocenters. The van der Waals surface area contributed by atoms with Gasteiger partial charge in [-0.05, 0) is 69.7 Å². The number of ether oxygens (including phenoxy) is 1. The van der Waals surface area contributed by atoms with Crippen LogP contribution in [0.3, 0.4) is 0 Å². The fraction of sp³-hybridized carbons (Fsp3) is 0.600. The normalized spacial score (nSPS) is 23.5. The Balaban J connectivity index is 1.14. The molecule has 6 heteroatoms. The Bertz CT molecular complexity index is 921. The van der Waals surface area contributed by atoms with Gasteiger partial charge in [-0.2, -0.15) is 0 Å². The number of nitrogens with one attached hydrogen (secondary N) is 1. The molecule has 3 heterocycles. The Hall–Kier alpha value is -2.18. The molecule has 1 aromatic carbocycles. The van der Waals surface area contributed by atoms with Crippen molar-refractivity contribution in [1.82, 2.24) is 14.8 Å². The summed E-state index contributed by atoms with van der Waals surface area (Å²) in [6.07, 6.45) is 5.28. The van der Waals surface area contributed by atoms with E-state index in [-0.39, 0.29) is 18.6 Å². The molecule has 2 saturated heterocycles. The number of anilines is 1. The van der Waals surface area contributed by atoms with Gasteiger partial charge in [-0.25, -0.2) is 0 Å². The molecule has 1 aromatic heterocycles. The Labute approximate surface area is 184 Å². The molecule has 3 aliphatic rings. The highest BCUT2D eigenvalue weighted by Crippen LogP contribution is 2.31. The van der Waals surface area contributed by atoms with Crippen LogP contribution in [0.25, 0.3) is 10.9 Å². The van der Waals surface area contributed by atoms with Crippen LogP contribution in [0.4, 0.5) is 5.69 Å². The molecule has 5 rings (SSSR count). The molecule has 3 fully saturated rings. The number of carbonyl (C=O) groups excluding carboxylic acids is 1. The second-order valence-electron chi connectivity index (χ2n) is 9.63. The number of aromatic nitrogens is 1. The number of morpholine rings is 1. The van der Waals surface area contributed by atoms with E-state index in [4.69, 9.17) is 4.74 Å². The lowest BCUT2D eigenvalue weighted by molar-refractivity contribution is -0.149. The van der Waals surface area contributed by atoms with E-state index < -0.39 is 0 Å². The summed E-state index contributed by atoms with van der Waals surface area (Å²) < 4.78 is 5.86. The maximum Gasteiger partial charge on any atom is 0.248 e. The topological polar surface area (TPSA) is 57.7 Å². The van der Waals surface area contributed by atoms with E-state index in [0.717, 1.165) is 34.7 Å². The first-order valence-electron chi connectivity index (χ1n) is 11.9. The predicted molar refractivity (Wildman–Crippen MR) is 123 cm³/mol. The van der Waals surface area contributed by atoms with Crippen LogP contribution < -0.4 is 5.32 Å². The molecule has 6 nitrogen and oxygen atoms in total. The summed E-state index contributed by atoms with van der Waals surface area (Å²) in [5.41, 5.74) is 3.08. The zero-order valence-corrected chi connectivity index (χ0v) is 18.6. The molecular formula is C25H34N4O2. The van der Waals surface area contributed by atoms with Crippen molar-refractivity contribution >= 4 is 22.5 Å². The van der Waals surface area contributed by atoms with E-state index in [9.17, 15) is 4.79 Å². The fourth-order valence-corrected chi connectivity index (χ4v) is 4.99. The average Bonchev–Trinajstić information content (AvgIpc) is 3.59. The number of fused-ring (bicyclic) bond motifs is 1. The lowest BCUT2D eigenvalue weighted by Crippen LogP contribution is -2.51. The van der Waals surface area contributed by atoms with Gasteiger partial charge in [-0.1, -0.05) is 18.2 Å². The number of carbonyl (C=O) groups is 1. The minimum absolute atomic E-state index is 0.0138. The number of rotatable bonds is 7. The third-order valence-electron chi connectivity index (χ3n) is 6.98. The number of aryl methyl sites for hydroxylation is 1. The third-order valence-corrected chi connectivity index (χ3v) is 6.98. The van der Waals surface area contributed by atoms with Crippen molar-refractivity contribution in [1.29, 1.82) is 0 Å². The van der Waals surface area contributed by atoms with Gasteiger partial charge in [0, 0.05) is 42.9 Å². The molecule has 166 valence electrons. The summed E-state index contributed by atoms with van der Waals surface area (Å²) in [5.74, 6) is 1.73. The number of hydrogen-bond donors (Lipinski definition) is 1. The number of benzene rings is 1. The zero-order chi connectivity index (χ0) is 21.2. The first-order chi connectivity index (χ1) is 15.1. The van der Waals surface area contributed by atoms with Crippen LogP contribution in [0.15, 0.2) is 30.3 Å². The molecule has 1 saturated carbocycles. The highest BCUT2D eigenvalue weighted by atomic mass is 16.5. The van der Waals surface area contributed by atoms with Crippen LogP contribution in [-0.2, 0) is 9.53 Å². The van der Waals surface area contributed by atoms with E-state index in [1.807, 2.05) is 30.0 Å². The summed E-state index contributed by atoms with van der Waals surface area (Å²) in [6.45, 7) is 8.15. The maximum atomic E-state index is 12.5. The number of nitrogens with zero attached hydrogens (tertiary/aromatic N) is 3. The summed E-state index contributed by atoms with van der Waals surface area (Å²) >= 11 is 0. The predicted octanol–water partition coefficient (Wildman–Crippen LogP) is 3.30. The summed E-state index contributed by atoms with van der Waals surface area (Å²) in [5, 5.41) is 4.68. The van der Waals surface area contributed by atoms with Crippen molar-refractivity contribution in [3.05, 3.63) is 36.0 Å². The molecule has 0 radical (unpaired) electrons. The van der Waals surface area contributed by atoms with Crippen molar-refractivity contribution in [3.8, 4) is 0 Å². The molecule has 2 aromatic rings. The van der Waals surface area contributed by atoms with E-state index in [0.29, 0.717) is 19.0 Å². The smallest absolute Gasteiger partial charge is 0.248 e. The Morgan fingerprint density at radius 2 is 1.87 bits per heavy atom. The third kappa shape index (κ3) is 5.18. The van der Waals surface area contributed by atoms with Crippen molar-refractivity contribution in [2.45, 2.75) is 38.7 Å². The molecule has 1 amide bonds. The molecule has 1 N–H and O–H groups in total.